The van der Waals surface area contributed by atoms with Crippen molar-refractivity contribution in [3.05, 3.63) is 29.6 Å². The Hall–Kier alpha value is -1.59. The van der Waals surface area contributed by atoms with Gasteiger partial charge < -0.3 is 5.32 Å². The van der Waals surface area contributed by atoms with E-state index in [0.29, 0.717) is 12.1 Å². The Bertz CT molecular complexity index is 386. The maximum Gasteiger partial charge on any atom is 0.416 e. The fraction of sp³-hybridized carbons (Fsp3) is 0.222. The molecular weight excluding hydrogens is 214 g/mol. The van der Waals surface area contributed by atoms with Crippen LogP contribution in [-0.2, 0) is 11.0 Å². The van der Waals surface area contributed by atoms with Crippen LogP contribution in [0.2, 0.25) is 0 Å². The largest absolute Gasteiger partial charge is 0.416 e. The summed E-state index contributed by atoms with van der Waals surface area (Å²) >= 11 is 0. The molecule has 0 aromatic heterocycles. The van der Waals surface area contributed by atoms with E-state index < -0.39 is 23.5 Å². The number of amides is 1. The minimum atomic E-state index is -4.59. The lowest BCUT2D eigenvalue weighted by Crippen LogP contribution is -2.10. The van der Waals surface area contributed by atoms with Crippen LogP contribution in [0, 0.1) is 5.82 Å². The molecule has 0 aliphatic heterocycles. The number of rotatable bonds is 1. The molecule has 15 heavy (non-hydrogen) atoms. The van der Waals surface area contributed by atoms with Crippen molar-refractivity contribution in [3.63, 3.8) is 0 Å². The van der Waals surface area contributed by atoms with E-state index in [-0.39, 0.29) is 5.69 Å². The van der Waals surface area contributed by atoms with E-state index in [1.807, 2.05) is 0 Å². The smallest absolute Gasteiger partial charge is 0.324 e. The Labute approximate surface area is 82.9 Å². The summed E-state index contributed by atoms with van der Waals surface area (Å²) in [6.07, 6.45) is -4.59. The lowest BCUT2D eigenvalue weighted by molar-refractivity contribution is -0.137. The van der Waals surface area contributed by atoms with Crippen LogP contribution in [0.5, 0.6) is 0 Å². The number of carbonyl (C=O) groups is 1. The molecule has 6 heteroatoms. The zero-order valence-electron chi connectivity index (χ0n) is 7.65. The van der Waals surface area contributed by atoms with Crippen molar-refractivity contribution in [3.8, 4) is 0 Å². The molecule has 1 amide bonds. The number of carbonyl (C=O) groups excluding carboxylic acids is 1. The van der Waals surface area contributed by atoms with Gasteiger partial charge in [-0.1, -0.05) is 0 Å². The number of halogens is 4. The van der Waals surface area contributed by atoms with Gasteiger partial charge in [0.05, 0.1) is 11.3 Å². The Morgan fingerprint density at radius 1 is 1.33 bits per heavy atom. The van der Waals surface area contributed by atoms with Crippen LogP contribution in [0.25, 0.3) is 0 Å². The average Bonchev–Trinajstić information content (AvgIpc) is 2.05. The van der Waals surface area contributed by atoms with Crippen LogP contribution in [-0.4, -0.2) is 5.91 Å². The molecule has 0 saturated heterocycles. The molecule has 0 fully saturated rings. The number of nitrogens with one attached hydrogen (secondary N) is 1. The zero-order valence-corrected chi connectivity index (χ0v) is 7.65. The maximum atomic E-state index is 13.0. The normalized spacial score (nSPS) is 11.3. The van der Waals surface area contributed by atoms with Crippen molar-refractivity contribution in [2.24, 2.45) is 0 Å². The average molecular weight is 221 g/mol. The molecule has 0 aliphatic carbocycles. The molecule has 1 aromatic rings. The van der Waals surface area contributed by atoms with Crippen LogP contribution in [0.15, 0.2) is 18.2 Å². The number of hydrogen-bond donors (Lipinski definition) is 1. The lowest BCUT2D eigenvalue weighted by Gasteiger charge is -2.09. The maximum absolute atomic E-state index is 13.0. The van der Waals surface area contributed by atoms with Gasteiger partial charge in [-0.25, -0.2) is 4.39 Å². The van der Waals surface area contributed by atoms with E-state index in [2.05, 4.69) is 5.32 Å². The second-order valence-corrected chi connectivity index (χ2v) is 2.87. The van der Waals surface area contributed by atoms with Gasteiger partial charge in [-0.2, -0.15) is 13.2 Å². The highest BCUT2D eigenvalue weighted by Gasteiger charge is 2.31. The SMILES string of the molecule is CC(=O)Nc1ccc(C(F)(F)F)cc1F. The predicted molar refractivity (Wildman–Crippen MR) is 45.7 cm³/mol. The van der Waals surface area contributed by atoms with Gasteiger partial charge in [0.15, 0.2) is 0 Å². The minimum Gasteiger partial charge on any atom is -0.324 e. The molecule has 2 nitrogen and oxygen atoms in total. The number of benzene rings is 1. The molecule has 1 rings (SSSR count). The minimum absolute atomic E-state index is 0.268. The molecule has 0 saturated carbocycles. The summed E-state index contributed by atoms with van der Waals surface area (Å²) in [7, 11) is 0. The quantitative estimate of drug-likeness (QED) is 0.726. The fourth-order valence-electron chi connectivity index (χ4n) is 0.982. The van der Waals surface area contributed by atoms with Gasteiger partial charge in [0.1, 0.15) is 5.82 Å². The van der Waals surface area contributed by atoms with Crippen molar-refractivity contribution in [1.29, 1.82) is 0 Å². The summed E-state index contributed by atoms with van der Waals surface area (Å²) in [6.45, 7) is 1.14. The summed E-state index contributed by atoms with van der Waals surface area (Å²) in [6, 6.07) is 1.92. The third-order valence-corrected chi connectivity index (χ3v) is 1.61. The van der Waals surface area contributed by atoms with Crippen LogP contribution in [0.3, 0.4) is 0 Å². The molecule has 0 unspecified atom stereocenters. The number of anilines is 1. The van der Waals surface area contributed by atoms with Crippen molar-refractivity contribution >= 4 is 11.6 Å². The highest BCUT2D eigenvalue weighted by atomic mass is 19.4. The lowest BCUT2D eigenvalue weighted by atomic mass is 10.2. The van der Waals surface area contributed by atoms with Crippen molar-refractivity contribution in [2.45, 2.75) is 13.1 Å². The van der Waals surface area contributed by atoms with E-state index in [4.69, 9.17) is 0 Å². The Morgan fingerprint density at radius 2 is 1.93 bits per heavy atom. The molecule has 0 radical (unpaired) electrons. The Morgan fingerprint density at radius 3 is 2.33 bits per heavy atom. The summed E-state index contributed by atoms with van der Waals surface area (Å²) < 4.78 is 49.4. The predicted octanol–water partition coefficient (Wildman–Crippen LogP) is 2.80. The van der Waals surface area contributed by atoms with Gasteiger partial charge in [-0.05, 0) is 18.2 Å². The first-order valence-electron chi connectivity index (χ1n) is 3.95. The van der Waals surface area contributed by atoms with Crippen LogP contribution in [0.4, 0.5) is 23.2 Å². The summed E-state index contributed by atoms with van der Waals surface area (Å²) in [5.74, 6) is -1.66. The Kier molecular flexibility index (Phi) is 2.97. The molecular formula is C9H7F4NO. The highest BCUT2D eigenvalue weighted by molar-refractivity contribution is 5.88. The summed E-state index contributed by atoms with van der Waals surface area (Å²) in [5.41, 5.74) is -1.36. The van der Waals surface area contributed by atoms with Crippen LogP contribution >= 0.6 is 0 Å². The van der Waals surface area contributed by atoms with E-state index in [0.717, 1.165) is 13.0 Å². The third-order valence-electron chi connectivity index (χ3n) is 1.61. The molecule has 82 valence electrons. The van der Waals surface area contributed by atoms with E-state index in [1.54, 1.807) is 0 Å². The second-order valence-electron chi connectivity index (χ2n) is 2.87. The first kappa shape index (κ1) is 11.5. The molecule has 0 atom stereocenters. The van der Waals surface area contributed by atoms with E-state index in [9.17, 15) is 22.4 Å². The Balaban J connectivity index is 3.03. The number of alkyl halides is 3. The molecule has 0 heterocycles. The van der Waals surface area contributed by atoms with Gasteiger partial charge in [-0.3, -0.25) is 4.79 Å². The zero-order chi connectivity index (χ0) is 11.6. The summed E-state index contributed by atoms with van der Waals surface area (Å²) in [5, 5.41) is 2.07. The van der Waals surface area contributed by atoms with Crippen molar-refractivity contribution in [1.82, 2.24) is 0 Å². The van der Waals surface area contributed by atoms with Crippen LogP contribution < -0.4 is 5.32 Å². The monoisotopic (exact) mass is 221 g/mol. The van der Waals surface area contributed by atoms with Gasteiger partial charge in [0.25, 0.3) is 0 Å². The van der Waals surface area contributed by atoms with E-state index in [1.165, 1.54) is 0 Å². The van der Waals surface area contributed by atoms with Gasteiger partial charge in [0, 0.05) is 6.92 Å². The molecule has 1 aromatic carbocycles. The van der Waals surface area contributed by atoms with Crippen LogP contribution in [0.1, 0.15) is 12.5 Å². The van der Waals surface area contributed by atoms with Crippen molar-refractivity contribution < 1.29 is 22.4 Å². The first-order valence-corrected chi connectivity index (χ1v) is 3.95. The van der Waals surface area contributed by atoms with Gasteiger partial charge >= 0.3 is 6.18 Å². The number of hydrogen-bond acceptors (Lipinski definition) is 1. The molecule has 1 N–H and O–H groups in total. The highest BCUT2D eigenvalue weighted by Crippen LogP contribution is 2.31. The third kappa shape index (κ3) is 2.93. The van der Waals surface area contributed by atoms with Gasteiger partial charge in [-0.15, -0.1) is 0 Å². The van der Waals surface area contributed by atoms with Crippen molar-refractivity contribution in [2.75, 3.05) is 5.32 Å². The van der Waals surface area contributed by atoms with Gasteiger partial charge in [0.2, 0.25) is 5.91 Å². The molecule has 0 spiro atoms. The topological polar surface area (TPSA) is 29.1 Å². The molecule has 0 aliphatic rings. The second kappa shape index (κ2) is 3.88. The molecule has 0 bridgehead atoms. The first-order chi connectivity index (χ1) is 6.80. The fourth-order valence-corrected chi connectivity index (χ4v) is 0.982. The van der Waals surface area contributed by atoms with E-state index >= 15 is 0 Å². The standard InChI is InChI=1S/C9H7F4NO/c1-5(15)14-8-3-2-6(4-7(8)10)9(11,12)13/h2-4H,1H3,(H,14,15). The summed E-state index contributed by atoms with van der Waals surface area (Å²) in [4.78, 5) is 10.5.